The Morgan fingerprint density at radius 1 is 1.26 bits per heavy atom. The molecule has 1 fully saturated rings. The molecule has 2 nitrogen and oxygen atoms in total. The van der Waals surface area contributed by atoms with Crippen molar-refractivity contribution in [3.63, 3.8) is 0 Å². The van der Waals surface area contributed by atoms with Gasteiger partial charge in [-0.15, -0.1) is 0 Å². The molecule has 1 N–H and O–H groups in total. The van der Waals surface area contributed by atoms with E-state index in [-0.39, 0.29) is 5.75 Å². The van der Waals surface area contributed by atoms with Gasteiger partial charge in [-0.3, -0.25) is 0 Å². The summed E-state index contributed by atoms with van der Waals surface area (Å²) in [6.45, 7) is 1.75. The van der Waals surface area contributed by atoms with Gasteiger partial charge in [0.15, 0.2) is 0 Å². The van der Waals surface area contributed by atoms with Crippen LogP contribution in [0.2, 0.25) is 0 Å². The topological polar surface area (TPSA) is 21.3 Å². The highest BCUT2D eigenvalue weighted by Gasteiger charge is 2.25. The third-order valence-electron chi connectivity index (χ3n) is 3.84. The minimum atomic E-state index is -2.77. The van der Waals surface area contributed by atoms with E-state index in [1.165, 1.54) is 12.8 Å². The third kappa shape index (κ3) is 4.08. The van der Waals surface area contributed by atoms with Gasteiger partial charge in [0.2, 0.25) is 0 Å². The fourth-order valence-electron chi connectivity index (χ4n) is 2.86. The summed E-state index contributed by atoms with van der Waals surface area (Å²) in [5, 5.41) is 3.44. The Labute approximate surface area is 113 Å². The molecule has 4 heteroatoms. The van der Waals surface area contributed by atoms with Crippen molar-refractivity contribution in [3.05, 3.63) is 24.3 Å². The van der Waals surface area contributed by atoms with Crippen molar-refractivity contribution in [1.82, 2.24) is 0 Å². The van der Waals surface area contributed by atoms with Crippen molar-refractivity contribution in [2.24, 2.45) is 11.8 Å². The third-order valence-corrected chi connectivity index (χ3v) is 3.84. The van der Waals surface area contributed by atoms with Crippen LogP contribution in [-0.4, -0.2) is 12.7 Å². The van der Waals surface area contributed by atoms with Gasteiger partial charge in [-0.1, -0.05) is 19.9 Å². The number of halogens is 2. The average molecular weight is 269 g/mol. The number of ether oxygens (including phenoxy) is 1. The highest BCUT2D eigenvalue weighted by molar-refractivity contribution is 5.49. The van der Waals surface area contributed by atoms with Gasteiger partial charge >= 0.3 is 6.61 Å². The van der Waals surface area contributed by atoms with Crippen molar-refractivity contribution in [2.45, 2.75) is 45.8 Å². The van der Waals surface area contributed by atoms with Crippen LogP contribution in [-0.2, 0) is 0 Å². The molecule has 2 rings (SSSR count). The van der Waals surface area contributed by atoms with Gasteiger partial charge in [0.25, 0.3) is 0 Å². The molecule has 0 amide bonds. The molecule has 3 unspecified atom stereocenters. The van der Waals surface area contributed by atoms with E-state index in [4.69, 9.17) is 0 Å². The molecule has 1 saturated carbocycles. The van der Waals surface area contributed by atoms with Crippen molar-refractivity contribution in [1.29, 1.82) is 0 Å². The molecule has 0 bridgehead atoms. The van der Waals surface area contributed by atoms with Gasteiger partial charge in [-0.25, -0.2) is 0 Å². The van der Waals surface area contributed by atoms with E-state index in [9.17, 15) is 8.78 Å². The van der Waals surface area contributed by atoms with Gasteiger partial charge in [0.05, 0.1) is 0 Å². The van der Waals surface area contributed by atoms with Crippen molar-refractivity contribution < 1.29 is 13.5 Å². The maximum atomic E-state index is 12.2. The SMILES string of the molecule is CC1CCC(Nc2cccc(OC(F)F)c2)C(C)C1. The minimum Gasteiger partial charge on any atom is -0.435 e. The summed E-state index contributed by atoms with van der Waals surface area (Å²) >= 11 is 0. The molecule has 1 aliphatic carbocycles. The Kier molecular flexibility index (Phi) is 4.61. The van der Waals surface area contributed by atoms with E-state index in [2.05, 4.69) is 23.9 Å². The first-order valence-corrected chi connectivity index (χ1v) is 6.86. The van der Waals surface area contributed by atoms with Crippen molar-refractivity contribution in [2.75, 3.05) is 5.32 Å². The Balaban J connectivity index is 1.98. The Morgan fingerprint density at radius 2 is 2.05 bits per heavy atom. The van der Waals surface area contributed by atoms with Crippen molar-refractivity contribution in [3.8, 4) is 5.75 Å². The summed E-state index contributed by atoms with van der Waals surface area (Å²) in [6, 6.07) is 7.22. The second-order valence-corrected chi connectivity index (χ2v) is 5.55. The van der Waals surface area contributed by atoms with Gasteiger partial charge in [0, 0.05) is 17.8 Å². The van der Waals surface area contributed by atoms with Gasteiger partial charge in [-0.2, -0.15) is 8.78 Å². The van der Waals surface area contributed by atoms with Crippen LogP contribution in [0.25, 0.3) is 0 Å². The molecular formula is C15H21F2NO. The van der Waals surface area contributed by atoms with Crippen LogP contribution in [0.5, 0.6) is 5.75 Å². The largest absolute Gasteiger partial charge is 0.435 e. The van der Waals surface area contributed by atoms with Crippen LogP contribution in [0.3, 0.4) is 0 Å². The molecule has 0 spiro atoms. The summed E-state index contributed by atoms with van der Waals surface area (Å²) in [7, 11) is 0. The lowest BCUT2D eigenvalue weighted by atomic mass is 9.80. The lowest BCUT2D eigenvalue weighted by Crippen LogP contribution is -2.32. The monoisotopic (exact) mass is 269 g/mol. The van der Waals surface area contributed by atoms with E-state index < -0.39 is 6.61 Å². The van der Waals surface area contributed by atoms with E-state index in [1.54, 1.807) is 18.2 Å². The first-order valence-electron chi connectivity index (χ1n) is 6.86. The molecule has 0 saturated heterocycles. The zero-order valence-electron chi connectivity index (χ0n) is 11.4. The van der Waals surface area contributed by atoms with E-state index in [0.29, 0.717) is 12.0 Å². The number of anilines is 1. The molecule has 0 aliphatic heterocycles. The smallest absolute Gasteiger partial charge is 0.387 e. The maximum absolute atomic E-state index is 12.2. The van der Waals surface area contributed by atoms with Crippen LogP contribution < -0.4 is 10.1 Å². The lowest BCUT2D eigenvalue weighted by Gasteiger charge is -2.33. The van der Waals surface area contributed by atoms with Crippen LogP contribution in [0, 0.1) is 11.8 Å². The van der Waals surface area contributed by atoms with Crippen LogP contribution in [0.1, 0.15) is 33.1 Å². The number of rotatable bonds is 4. The van der Waals surface area contributed by atoms with E-state index >= 15 is 0 Å². The number of hydrogen-bond donors (Lipinski definition) is 1. The van der Waals surface area contributed by atoms with E-state index in [0.717, 1.165) is 18.0 Å². The number of hydrogen-bond acceptors (Lipinski definition) is 2. The summed E-state index contributed by atoms with van der Waals surface area (Å²) in [4.78, 5) is 0. The summed E-state index contributed by atoms with van der Waals surface area (Å²) < 4.78 is 28.8. The molecule has 1 aliphatic rings. The predicted molar refractivity (Wildman–Crippen MR) is 72.7 cm³/mol. The highest BCUT2D eigenvalue weighted by Crippen LogP contribution is 2.31. The van der Waals surface area contributed by atoms with Crippen molar-refractivity contribution >= 4 is 5.69 Å². The zero-order chi connectivity index (χ0) is 13.8. The zero-order valence-corrected chi connectivity index (χ0v) is 11.4. The molecule has 0 aromatic heterocycles. The predicted octanol–water partition coefficient (Wildman–Crippen LogP) is 4.52. The highest BCUT2D eigenvalue weighted by atomic mass is 19.3. The first-order chi connectivity index (χ1) is 9.04. The second-order valence-electron chi connectivity index (χ2n) is 5.55. The lowest BCUT2D eigenvalue weighted by molar-refractivity contribution is -0.0498. The van der Waals surface area contributed by atoms with Crippen LogP contribution >= 0.6 is 0 Å². The van der Waals surface area contributed by atoms with Gasteiger partial charge < -0.3 is 10.1 Å². The molecule has 0 radical (unpaired) electrons. The molecular weight excluding hydrogens is 248 g/mol. The summed E-state index contributed by atoms with van der Waals surface area (Å²) in [5.74, 6) is 1.59. The number of alkyl halides is 2. The number of nitrogens with one attached hydrogen (secondary N) is 1. The van der Waals surface area contributed by atoms with Gasteiger partial charge in [0.1, 0.15) is 5.75 Å². The second kappa shape index (κ2) is 6.22. The molecule has 3 atom stereocenters. The quantitative estimate of drug-likeness (QED) is 0.867. The molecule has 0 heterocycles. The standard InChI is InChI=1S/C15H21F2NO/c1-10-6-7-14(11(2)8-10)18-12-4-3-5-13(9-12)19-15(16)17/h3-5,9-11,14-15,18H,6-8H2,1-2H3. The molecule has 19 heavy (non-hydrogen) atoms. The number of benzene rings is 1. The van der Waals surface area contributed by atoms with Gasteiger partial charge in [-0.05, 0) is 43.2 Å². The molecule has 1 aromatic carbocycles. The molecule has 1 aromatic rings. The Morgan fingerprint density at radius 3 is 2.74 bits per heavy atom. The first kappa shape index (κ1) is 14.1. The normalized spacial score (nSPS) is 27.3. The van der Waals surface area contributed by atoms with Crippen LogP contribution in [0.4, 0.5) is 14.5 Å². The Bertz CT molecular complexity index is 411. The average Bonchev–Trinajstić information content (AvgIpc) is 2.32. The fourth-order valence-corrected chi connectivity index (χ4v) is 2.86. The summed E-state index contributed by atoms with van der Waals surface area (Å²) in [6.07, 6.45) is 3.56. The minimum absolute atomic E-state index is 0.205. The van der Waals surface area contributed by atoms with Crippen LogP contribution in [0.15, 0.2) is 24.3 Å². The fraction of sp³-hybridized carbons (Fsp3) is 0.600. The maximum Gasteiger partial charge on any atom is 0.387 e. The summed E-state index contributed by atoms with van der Waals surface area (Å²) in [5.41, 5.74) is 0.851. The van der Waals surface area contributed by atoms with E-state index in [1.807, 2.05) is 6.07 Å². The Hall–Kier alpha value is -1.32. The molecule has 106 valence electrons.